The van der Waals surface area contributed by atoms with Gasteiger partial charge in [0.25, 0.3) is 5.69 Å². The molecule has 8 heteroatoms. The summed E-state index contributed by atoms with van der Waals surface area (Å²) < 4.78 is 12.8. The molecule has 1 aromatic carbocycles. The van der Waals surface area contributed by atoms with Gasteiger partial charge >= 0.3 is 7.12 Å². The molecule has 0 saturated carbocycles. The Bertz CT molecular complexity index is 386. The van der Waals surface area contributed by atoms with Gasteiger partial charge in [0.1, 0.15) is 5.82 Å². The van der Waals surface area contributed by atoms with Crippen molar-refractivity contribution in [3.05, 3.63) is 32.5 Å². The first-order chi connectivity index (χ1) is 6.43. The lowest BCUT2D eigenvalue weighted by Crippen LogP contribution is -2.32. The lowest BCUT2D eigenvalue weighted by atomic mass is 9.79. The van der Waals surface area contributed by atoms with Gasteiger partial charge in [-0.15, -0.1) is 0 Å². The highest BCUT2D eigenvalue weighted by Crippen LogP contribution is 2.19. The lowest BCUT2D eigenvalue weighted by molar-refractivity contribution is -0.383. The van der Waals surface area contributed by atoms with Gasteiger partial charge in [0.05, 0.1) is 20.9 Å². The zero-order valence-electron chi connectivity index (χ0n) is 6.65. The van der Waals surface area contributed by atoms with Crippen LogP contribution in [0.5, 0.6) is 0 Å². The third kappa shape index (κ3) is 2.09. The van der Waals surface area contributed by atoms with Crippen molar-refractivity contribution in [2.75, 3.05) is 0 Å². The predicted octanol–water partition coefficient (Wildman–Crippen LogP) is 0.176. The maximum atomic E-state index is 12.9. The van der Waals surface area contributed by atoms with E-state index in [2.05, 4.69) is 15.9 Å². The standard InChI is InChI=1S/C6H4BBrFNO4/c8-4-1-3(7(11)12)6(10(13)14)2-5(4)9/h1-2,11-12H. The van der Waals surface area contributed by atoms with E-state index in [0.717, 1.165) is 6.07 Å². The number of benzene rings is 1. The highest BCUT2D eigenvalue weighted by atomic mass is 79.9. The highest BCUT2D eigenvalue weighted by Gasteiger charge is 2.25. The van der Waals surface area contributed by atoms with Gasteiger partial charge in [0.2, 0.25) is 0 Å². The molecule has 0 radical (unpaired) electrons. The van der Waals surface area contributed by atoms with Gasteiger partial charge in [0.15, 0.2) is 0 Å². The number of hydrogen-bond donors (Lipinski definition) is 2. The normalized spacial score (nSPS) is 10.0. The SMILES string of the molecule is O=[N+]([O-])c1cc(F)c(Br)cc1B(O)O. The summed E-state index contributed by atoms with van der Waals surface area (Å²) >= 11 is 2.78. The van der Waals surface area contributed by atoms with Crippen LogP contribution in [0.15, 0.2) is 16.6 Å². The summed E-state index contributed by atoms with van der Waals surface area (Å²) in [6.07, 6.45) is 0. The van der Waals surface area contributed by atoms with E-state index in [1.165, 1.54) is 0 Å². The molecule has 0 unspecified atom stereocenters. The molecule has 0 aliphatic carbocycles. The van der Waals surface area contributed by atoms with Gasteiger partial charge in [-0.3, -0.25) is 10.1 Å². The molecular weight excluding hydrogens is 260 g/mol. The molecule has 5 nitrogen and oxygen atoms in total. The minimum absolute atomic E-state index is 0.0637. The van der Waals surface area contributed by atoms with Gasteiger partial charge < -0.3 is 10.0 Å². The second kappa shape index (κ2) is 4.03. The van der Waals surface area contributed by atoms with Crippen molar-refractivity contribution in [3.8, 4) is 0 Å². The fourth-order valence-corrected chi connectivity index (χ4v) is 1.28. The smallest absolute Gasteiger partial charge is 0.423 e. The first-order valence-corrected chi connectivity index (χ1v) is 4.22. The summed E-state index contributed by atoms with van der Waals surface area (Å²) in [5, 5.41) is 27.9. The molecule has 0 aromatic heterocycles. The van der Waals surface area contributed by atoms with E-state index in [1.807, 2.05) is 0 Å². The van der Waals surface area contributed by atoms with E-state index in [0.29, 0.717) is 6.07 Å². The molecule has 14 heavy (non-hydrogen) atoms. The van der Waals surface area contributed by atoms with Crippen LogP contribution in [0.3, 0.4) is 0 Å². The number of halogens is 2. The van der Waals surface area contributed by atoms with Crippen LogP contribution in [0.1, 0.15) is 0 Å². The summed E-state index contributed by atoms with van der Waals surface area (Å²) in [6, 6.07) is 1.58. The predicted molar refractivity (Wildman–Crippen MR) is 50.6 cm³/mol. The van der Waals surface area contributed by atoms with Crippen LogP contribution >= 0.6 is 15.9 Å². The number of nitrogens with zero attached hydrogens (tertiary/aromatic N) is 1. The van der Waals surface area contributed by atoms with Crippen molar-refractivity contribution in [1.29, 1.82) is 0 Å². The molecule has 0 amide bonds. The molecule has 1 rings (SSSR count). The second-order valence-corrected chi connectivity index (χ2v) is 3.31. The van der Waals surface area contributed by atoms with Crippen LogP contribution in [0.25, 0.3) is 0 Å². The van der Waals surface area contributed by atoms with Crippen LogP contribution in [-0.2, 0) is 0 Å². The number of hydrogen-bond acceptors (Lipinski definition) is 4. The van der Waals surface area contributed by atoms with E-state index in [9.17, 15) is 14.5 Å². The molecule has 0 fully saturated rings. The van der Waals surface area contributed by atoms with Gasteiger partial charge in [-0.2, -0.15) is 0 Å². The Balaban J connectivity index is 3.39. The Hall–Kier alpha value is -0.985. The molecule has 0 aliphatic heterocycles. The molecule has 0 heterocycles. The zero-order chi connectivity index (χ0) is 10.9. The molecule has 0 spiro atoms. The van der Waals surface area contributed by atoms with Crippen LogP contribution in [0.2, 0.25) is 0 Å². The molecule has 0 atom stereocenters. The van der Waals surface area contributed by atoms with Gasteiger partial charge in [-0.05, 0) is 22.0 Å². The minimum atomic E-state index is -2.01. The van der Waals surface area contributed by atoms with Crippen LogP contribution in [0.4, 0.5) is 10.1 Å². The van der Waals surface area contributed by atoms with Crippen molar-refractivity contribution in [2.24, 2.45) is 0 Å². The monoisotopic (exact) mass is 263 g/mol. The van der Waals surface area contributed by atoms with Crippen molar-refractivity contribution in [2.45, 2.75) is 0 Å². The zero-order valence-corrected chi connectivity index (χ0v) is 8.23. The van der Waals surface area contributed by atoms with E-state index in [-0.39, 0.29) is 9.94 Å². The molecule has 1 aromatic rings. The second-order valence-electron chi connectivity index (χ2n) is 2.46. The molecule has 0 aliphatic rings. The number of nitro benzene ring substituents is 1. The van der Waals surface area contributed by atoms with E-state index >= 15 is 0 Å². The van der Waals surface area contributed by atoms with E-state index < -0.39 is 23.5 Å². The molecule has 0 bridgehead atoms. The van der Waals surface area contributed by atoms with Crippen molar-refractivity contribution >= 4 is 34.2 Å². The molecule has 74 valence electrons. The number of nitro groups is 1. The van der Waals surface area contributed by atoms with Gasteiger partial charge in [0, 0.05) is 0 Å². The fourth-order valence-electron chi connectivity index (χ4n) is 0.917. The van der Waals surface area contributed by atoms with Crippen LogP contribution in [-0.4, -0.2) is 22.1 Å². The lowest BCUT2D eigenvalue weighted by Gasteiger charge is -2.02. The summed E-state index contributed by atoms with van der Waals surface area (Å²) in [4.78, 5) is 9.51. The Morgan fingerprint density at radius 1 is 1.50 bits per heavy atom. The quantitative estimate of drug-likeness (QED) is 0.453. The van der Waals surface area contributed by atoms with E-state index in [4.69, 9.17) is 10.0 Å². The summed E-state index contributed by atoms with van der Waals surface area (Å²) in [5.41, 5.74) is -1.02. The Kier molecular flexibility index (Phi) is 3.19. The minimum Gasteiger partial charge on any atom is -0.423 e. The molecular formula is C6H4BBrFNO4. The van der Waals surface area contributed by atoms with Crippen molar-refractivity contribution in [1.82, 2.24) is 0 Å². The average molecular weight is 264 g/mol. The van der Waals surface area contributed by atoms with Gasteiger partial charge in [-0.25, -0.2) is 4.39 Å². The third-order valence-electron chi connectivity index (χ3n) is 1.54. The summed E-state index contributed by atoms with van der Waals surface area (Å²) in [6.45, 7) is 0. The van der Waals surface area contributed by atoms with Crippen LogP contribution in [0, 0.1) is 15.9 Å². The fraction of sp³-hybridized carbons (Fsp3) is 0. The maximum absolute atomic E-state index is 12.9. The third-order valence-corrected chi connectivity index (χ3v) is 2.15. The van der Waals surface area contributed by atoms with Crippen LogP contribution < -0.4 is 5.46 Å². The highest BCUT2D eigenvalue weighted by molar-refractivity contribution is 9.10. The van der Waals surface area contributed by atoms with Crippen molar-refractivity contribution < 1.29 is 19.4 Å². The first kappa shape index (κ1) is 11.1. The largest absolute Gasteiger partial charge is 0.495 e. The molecule has 0 saturated heterocycles. The summed E-state index contributed by atoms with van der Waals surface area (Å²) in [7, 11) is -2.01. The Morgan fingerprint density at radius 2 is 2.07 bits per heavy atom. The summed E-state index contributed by atoms with van der Waals surface area (Å²) in [5.74, 6) is -0.832. The first-order valence-electron chi connectivity index (χ1n) is 3.43. The van der Waals surface area contributed by atoms with Gasteiger partial charge in [-0.1, -0.05) is 0 Å². The number of rotatable bonds is 2. The maximum Gasteiger partial charge on any atom is 0.495 e. The molecule has 2 N–H and O–H groups in total. The van der Waals surface area contributed by atoms with Crippen molar-refractivity contribution in [3.63, 3.8) is 0 Å². The topological polar surface area (TPSA) is 83.6 Å². The van der Waals surface area contributed by atoms with E-state index in [1.54, 1.807) is 0 Å². The average Bonchev–Trinajstić information content (AvgIpc) is 2.08. The Morgan fingerprint density at radius 3 is 2.50 bits per heavy atom. The Labute approximate surface area is 86.6 Å².